The first-order valence-corrected chi connectivity index (χ1v) is 6.43. The lowest BCUT2D eigenvalue weighted by Crippen LogP contribution is -2.20. The maximum atomic E-state index is 6.34. The maximum absolute atomic E-state index is 6.34. The van der Waals surface area contributed by atoms with Crippen LogP contribution in [0.5, 0.6) is 0 Å². The van der Waals surface area contributed by atoms with Crippen molar-refractivity contribution < 1.29 is 0 Å². The van der Waals surface area contributed by atoms with Crippen LogP contribution >= 0.6 is 11.3 Å². The van der Waals surface area contributed by atoms with Crippen LogP contribution in [0.1, 0.15) is 35.7 Å². The summed E-state index contributed by atoms with van der Waals surface area (Å²) >= 11 is 1.82. The zero-order valence-electron chi connectivity index (χ0n) is 8.57. The molecule has 0 aliphatic heterocycles. The topological polar surface area (TPSA) is 26.0 Å². The third kappa shape index (κ3) is 1.32. The molecule has 2 heteroatoms. The largest absolute Gasteiger partial charge is 0.324 e. The SMILES string of the molecule is Cc1sccc1C(N)C1CC2CC2C1. The van der Waals surface area contributed by atoms with Gasteiger partial charge in [0.25, 0.3) is 0 Å². The molecule has 0 spiro atoms. The fourth-order valence-electron chi connectivity index (χ4n) is 3.05. The molecule has 2 N–H and O–H groups in total. The summed E-state index contributed by atoms with van der Waals surface area (Å²) in [4.78, 5) is 1.41. The number of nitrogens with two attached hydrogens (primary N) is 1. The van der Waals surface area contributed by atoms with Crippen LogP contribution in [-0.2, 0) is 0 Å². The Morgan fingerprint density at radius 2 is 2.07 bits per heavy atom. The maximum Gasteiger partial charge on any atom is 0.0334 e. The second-order valence-corrected chi connectivity index (χ2v) is 6.07. The van der Waals surface area contributed by atoms with Crippen LogP contribution < -0.4 is 5.73 Å². The first kappa shape index (κ1) is 8.93. The van der Waals surface area contributed by atoms with Crippen molar-refractivity contribution in [2.45, 2.75) is 32.2 Å². The minimum Gasteiger partial charge on any atom is -0.324 e. The van der Waals surface area contributed by atoms with Crippen molar-refractivity contribution >= 4 is 11.3 Å². The van der Waals surface area contributed by atoms with E-state index in [4.69, 9.17) is 5.73 Å². The van der Waals surface area contributed by atoms with Crippen LogP contribution in [0.3, 0.4) is 0 Å². The zero-order chi connectivity index (χ0) is 9.71. The monoisotopic (exact) mass is 207 g/mol. The van der Waals surface area contributed by atoms with Crippen molar-refractivity contribution in [3.05, 3.63) is 21.9 Å². The van der Waals surface area contributed by atoms with E-state index in [1.54, 1.807) is 0 Å². The summed E-state index contributed by atoms with van der Waals surface area (Å²) < 4.78 is 0. The van der Waals surface area contributed by atoms with Crippen molar-refractivity contribution in [3.63, 3.8) is 0 Å². The van der Waals surface area contributed by atoms with Gasteiger partial charge in [-0.1, -0.05) is 0 Å². The van der Waals surface area contributed by atoms with Crippen LogP contribution in [0.2, 0.25) is 0 Å². The molecule has 14 heavy (non-hydrogen) atoms. The first-order chi connectivity index (χ1) is 6.75. The molecule has 2 aliphatic carbocycles. The molecule has 1 aromatic rings. The second kappa shape index (κ2) is 3.07. The first-order valence-electron chi connectivity index (χ1n) is 5.55. The van der Waals surface area contributed by atoms with Crippen molar-refractivity contribution in [2.75, 3.05) is 0 Å². The highest BCUT2D eigenvalue weighted by molar-refractivity contribution is 7.10. The second-order valence-electron chi connectivity index (χ2n) is 4.95. The van der Waals surface area contributed by atoms with Crippen molar-refractivity contribution in [3.8, 4) is 0 Å². The summed E-state index contributed by atoms with van der Waals surface area (Å²) in [5, 5.41) is 2.17. The molecular weight excluding hydrogens is 190 g/mol. The van der Waals surface area contributed by atoms with Gasteiger partial charge in [-0.2, -0.15) is 0 Å². The van der Waals surface area contributed by atoms with E-state index in [9.17, 15) is 0 Å². The number of hydrogen-bond acceptors (Lipinski definition) is 2. The van der Waals surface area contributed by atoms with E-state index in [0.717, 1.165) is 17.8 Å². The molecule has 3 atom stereocenters. The summed E-state index contributed by atoms with van der Waals surface area (Å²) in [7, 11) is 0. The Morgan fingerprint density at radius 1 is 1.36 bits per heavy atom. The zero-order valence-corrected chi connectivity index (χ0v) is 9.39. The molecule has 2 fully saturated rings. The van der Waals surface area contributed by atoms with E-state index in [-0.39, 0.29) is 0 Å². The molecule has 0 aromatic carbocycles. The Balaban J connectivity index is 1.76. The van der Waals surface area contributed by atoms with E-state index >= 15 is 0 Å². The number of hydrogen-bond donors (Lipinski definition) is 1. The van der Waals surface area contributed by atoms with Gasteiger partial charge in [0.1, 0.15) is 0 Å². The summed E-state index contributed by atoms with van der Waals surface area (Å²) in [6, 6.07) is 2.53. The van der Waals surface area contributed by atoms with Gasteiger partial charge in [-0.3, -0.25) is 0 Å². The minimum atomic E-state index is 0.314. The Morgan fingerprint density at radius 3 is 2.64 bits per heavy atom. The van der Waals surface area contributed by atoms with E-state index in [1.165, 1.54) is 29.7 Å². The van der Waals surface area contributed by atoms with Crippen LogP contribution in [-0.4, -0.2) is 0 Å². The molecule has 0 amide bonds. The lowest BCUT2D eigenvalue weighted by molar-refractivity contribution is 0.404. The highest BCUT2D eigenvalue weighted by Crippen LogP contribution is 2.56. The number of rotatable bonds is 2. The van der Waals surface area contributed by atoms with Gasteiger partial charge >= 0.3 is 0 Å². The van der Waals surface area contributed by atoms with E-state index in [1.807, 2.05) is 11.3 Å². The molecule has 3 unspecified atom stereocenters. The molecule has 0 radical (unpaired) electrons. The minimum absolute atomic E-state index is 0.314. The van der Waals surface area contributed by atoms with Crippen molar-refractivity contribution in [1.29, 1.82) is 0 Å². The van der Waals surface area contributed by atoms with Crippen LogP contribution in [0.15, 0.2) is 11.4 Å². The van der Waals surface area contributed by atoms with Crippen molar-refractivity contribution in [2.24, 2.45) is 23.5 Å². The summed E-state index contributed by atoms with van der Waals surface area (Å²) in [5.41, 5.74) is 7.74. The molecule has 1 heterocycles. The average molecular weight is 207 g/mol. The van der Waals surface area contributed by atoms with Crippen LogP contribution in [0.25, 0.3) is 0 Å². The normalized spacial score (nSPS) is 36.9. The molecule has 2 saturated carbocycles. The van der Waals surface area contributed by atoms with Crippen LogP contribution in [0, 0.1) is 24.7 Å². The van der Waals surface area contributed by atoms with Gasteiger partial charge in [0.2, 0.25) is 0 Å². The smallest absolute Gasteiger partial charge is 0.0334 e. The van der Waals surface area contributed by atoms with Gasteiger partial charge in [0.15, 0.2) is 0 Å². The Kier molecular flexibility index (Phi) is 1.96. The molecular formula is C12H17NS. The predicted octanol–water partition coefficient (Wildman–Crippen LogP) is 3.10. The third-order valence-corrected chi connectivity index (χ3v) is 4.91. The van der Waals surface area contributed by atoms with Crippen LogP contribution in [0.4, 0.5) is 0 Å². The molecule has 0 saturated heterocycles. The quantitative estimate of drug-likeness (QED) is 0.792. The molecule has 0 bridgehead atoms. The Labute approximate surface area is 89.3 Å². The van der Waals surface area contributed by atoms with Gasteiger partial charge in [0, 0.05) is 10.9 Å². The van der Waals surface area contributed by atoms with Gasteiger partial charge < -0.3 is 5.73 Å². The number of fused-ring (bicyclic) bond motifs is 1. The van der Waals surface area contributed by atoms with Crippen molar-refractivity contribution in [1.82, 2.24) is 0 Å². The van der Waals surface area contributed by atoms with Gasteiger partial charge in [-0.15, -0.1) is 11.3 Å². The fourth-order valence-corrected chi connectivity index (χ4v) is 3.81. The van der Waals surface area contributed by atoms with E-state index in [0.29, 0.717) is 6.04 Å². The predicted molar refractivity (Wildman–Crippen MR) is 60.3 cm³/mol. The number of thiophene rings is 1. The van der Waals surface area contributed by atoms with E-state index in [2.05, 4.69) is 18.4 Å². The van der Waals surface area contributed by atoms with Gasteiger partial charge in [-0.25, -0.2) is 0 Å². The third-order valence-electron chi connectivity index (χ3n) is 4.05. The highest BCUT2D eigenvalue weighted by atomic mass is 32.1. The standard InChI is InChI=1S/C12H17NS/c1-7-11(2-3-14-7)12(13)10-5-8-4-9(8)6-10/h2-3,8-10,12H,4-6,13H2,1H3. The molecule has 1 aromatic heterocycles. The molecule has 3 rings (SSSR count). The Bertz CT molecular complexity index is 334. The fraction of sp³-hybridized carbons (Fsp3) is 0.667. The highest BCUT2D eigenvalue weighted by Gasteiger charge is 2.47. The lowest BCUT2D eigenvalue weighted by Gasteiger charge is -2.20. The number of aryl methyl sites for hydroxylation is 1. The molecule has 1 nitrogen and oxygen atoms in total. The summed E-state index contributed by atoms with van der Waals surface area (Å²) in [6.45, 7) is 2.19. The van der Waals surface area contributed by atoms with E-state index < -0.39 is 0 Å². The van der Waals surface area contributed by atoms with Gasteiger partial charge in [0.05, 0.1) is 0 Å². The average Bonchev–Trinajstić information content (AvgIpc) is 2.64. The van der Waals surface area contributed by atoms with Gasteiger partial charge in [-0.05, 0) is 60.9 Å². The lowest BCUT2D eigenvalue weighted by atomic mass is 9.90. The Hall–Kier alpha value is -0.340. The molecule has 76 valence electrons. The summed E-state index contributed by atoms with van der Waals surface area (Å²) in [6.07, 6.45) is 4.27. The summed E-state index contributed by atoms with van der Waals surface area (Å²) in [5.74, 6) is 2.86. The molecule has 2 aliphatic rings.